The summed E-state index contributed by atoms with van der Waals surface area (Å²) < 4.78 is 0. The number of hydrogen-bond donors (Lipinski definition) is 0. The second-order valence-corrected chi connectivity index (χ2v) is 4.07. The van der Waals surface area contributed by atoms with Gasteiger partial charge in [-0.25, -0.2) is 0 Å². The Morgan fingerprint density at radius 1 is 1.09 bits per heavy atom. The first-order valence-electron chi connectivity index (χ1n) is 3.60. The highest BCUT2D eigenvalue weighted by Crippen LogP contribution is 2.09. The van der Waals surface area contributed by atoms with E-state index in [0.29, 0.717) is 8.83 Å². The van der Waals surface area contributed by atoms with Crippen LogP contribution in [0.5, 0.6) is 0 Å². The van der Waals surface area contributed by atoms with E-state index in [1.54, 1.807) is 0 Å². The summed E-state index contributed by atoms with van der Waals surface area (Å²) in [4.78, 5) is 0. The van der Waals surface area contributed by atoms with Gasteiger partial charge >= 0.3 is 0 Å². The largest absolute Gasteiger partial charge is 0.210 e. The monoisotopic (exact) mass is 182 g/mol. The van der Waals surface area contributed by atoms with Gasteiger partial charge < -0.3 is 0 Å². The van der Waals surface area contributed by atoms with Crippen molar-refractivity contribution >= 4 is 25.1 Å². The molecule has 0 saturated carbocycles. The molecule has 0 aliphatic heterocycles. The molecule has 0 nitrogen and oxygen atoms in total. The maximum Gasteiger partial charge on any atom is 0.210 e. The summed E-state index contributed by atoms with van der Waals surface area (Å²) in [7, 11) is 0.394. The lowest BCUT2D eigenvalue weighted by atomic mass is 10.1. The SMILES string of the molecule is Cc1ccc([Si]Cl)c(C)c1C. The fourth-order valence-electron chi connectivity index (χ4n) is 1.06. The van der Waals surface area contributed by atoms with Crippen LogP contribution >= 0.6 is 11.1 Å². The Morgan fingerprint density at radius 3 is 2.27 bits per heavy atom. The molecule has 0 saturated heterocycles. The predicted octanol–water partition coefficient (Wildman–Crippen LogP) is 2.10. The predicted molar refractivity (Wildman–Crippen MR) is 51.9 cm³/mol. The fourth-order valence-corrected chi connectivity index (χ4v) is 2.15. The first kappa shape index (κ1) is 8.82. The van der Waals surface area contributed by atoms with E-state index in [4.69, 9.17) is 11.1 Å². The van der Waals surface area contributed by atoms with Crippen molar-refractivity contribution in [3.8, 4) is 0 Å². The molecule has 0 bridgehead atoms. The van der Waals surface area contributed by atoms with E-state index in [0.717, 1.165) is 0 Å². The van der Waals surface area contributed by atoms with Gasteiger partial charge in [-0.1, -0.05) is 12.1 Å². The van der Waals surface area contributed by atoms with Crippen LogP contribution in [0.15, 0.2) is 12.1 Å². The highest BCUT2D eigenvalue weighted by Gasteiger charge is 2.02. The second kappa shape index (κ2) is 3.42. The molecule has 11 heavy (non-hydrogen) atoms. The van der Waals surface area contributed by atoms with Crippen LogP contribution in [0.1, 0.15) is 16.7 Å². The zero-order chi connectivity index (χ0) is 8.43. The number of benzene rings is 1. The lowest BCUT2D eigenvalue weighted by molar-refractivity contribution is 1.28. The van der Waals surface area contributed by atoms with Crippen LogP contribution < -0.4 is 5.19 Å². The van der Waals surface area contributed by atoms with Crippen LogP contribution in [0.2, 0.25) is 0 Å². The Bertz CT molecular complexity index is 269. The zero-order valence-corrected chi connectivity index (χ0v) is 8.79. The van der Waals surface area contributed by atoms with Gasteiger partial charge in [-0.05, 0) is 42.6 Å². The molecule has 1 aromatic rings. The summed E-state index contributed by atoms with van der Waals surface area (Å²) in [5.74, 6) is 0. The molecule has 0 aromatic heterocycles. The van der Waals surface area contributed by atoms with Crippen molar-refractivity contribution in [3.63, 3.8) is 0 Å². The van der Waals surface area contributed by atoms with Crippen molar-refractivity contribution in [2.75, 3.05) is 0 Å². The van der Waals surface area contributed by atoms with Crippen molar-refractivity contribution in [2.45, 2.75) is 20.8 Å². The summed E-state index contributed by atoms with van der Waals surface area (Å²) in [6.07, 6.45) is 0. The van der Waals surface area contributed by atoms with Gasteiger partial charge in [0.15, 0.2) is 0 Å². The van der Waals surface area contributed by atoms with Gasteiger partial charge in [0, 0.05) is 0 Å². The molecule has 1 rings (SSSR count). The van der Waals surface area contributed by atoms with Gasteiger partial charge in [0.1, 0.15) is 0 Å². The minimum atomic E-state index is 0.394. The summed E-state index contributed by atoms with van der Waals surface area (Å²) in [6, 6.07) is 4.25. The molecule has 0 aliphatic carbocycles. The van der Waals surface area contributed by atoms with Crippen molar-refractivity contribution < 1.29 is 0 Å². The van der Waals surface area contributed by atoms with Crippen molar-refractivity contribution in [3.05, 3.63) is 28.8 Å². The Kier molecular flexibility index (Phi) is 2.74. The molecule has 0 unspecified atom stereocenters. The normalized spacial score (nSPS) is 10.2. The number of hydrogen-bond acceptors (Lipinski definition) is 0. The zero-order valence-electron chi connectivity index (χ0n) is 7.03. The number of aryl methyl sites for hydroxylation is 1. The minimum Gasteiger partial charge on any atom is -0.165 e. The second-order valence-electron chi connectivity index (χ2n) is 2.77. The average Bonchev–Trinajstić information content (AvgIpc) is 2.01. The summed E-state index contributed by atoms with van der Waals surface area (Å²) in [5, 5.41) is 1.27. The van der Waals surface area contributed by atoms with Gasteiger partial charge in [0.25, 0.3) is 0 Å². The Hall–Kier alpha value is -0.273. The molecule has 1 aromatic carbocycles. The van der Waals surface area contributed by atoms with Gasteiger partial charge in [0.2, 0.25) is 8.83 Å². The Morgan fingerprint density at radius 2 is 1.73 bits per heavy atom. The molecule has 2 radical (unpaired) electrons. The lowest BCUT2D eigenvalue weighted by Gasteiger charge is -2.07. The maximum absolute atomic E-state index is 5.78. The molecular weight excluding hydrogens is 172 g/mol. The van der Waals surface area contributed by atoms with Crippen LogP contribution in [0.3, 0.4) is 0 Å². The van der Waals surface area contributed by atoms with Gasteiger partial charge in [-0.2, -0.15) is 11.1 Å². The fraction of sp³-hybridized carbons (Fsp3) is 0.333. The molecule has 0 N–H and O–H groups in total. The number of halogens is 1. The molecule has 0 spiro atoms. The third-order valence-electron chi connectivity index (χ3n) is 2.16. The standard InChI is InChI=1S/C9H11ClSi/c1-6-4-5-9(11-10)8(3)7(6)2/h4-5H,1-3H3. The van der Waals surface area contributed by atoms with E-state index in [1.165, 1.54) is 21.9 Å². The summed E-state index contributed by atoms with van der Waals surface area (Å²) >= 11 is 5.78. The first-order chi connectivity index (χ1) is 5.16. The topological polar surface area (TPSA) is 0 Å². The van der Waals surface area contributed by atoms with E-state index < -0.39 is 0 Å². The smallest absolute Gasteiger partial charge is 0.165 e. The van der Waals surface area contributed by atoms with Crippen molar-refractivity contribution in [2.24, 2.45) is 0 Å². The van der Waals surface area contributed by atoms with Crippen LogP contribution in [-0.4, -0.2) is 8.83 Å². The Balaban J connectivity index is 3.25. The number of rotatable bonds is 1. The maximum atomic E-state index is 5.78. The van der Waals surface area contributed by atoms with Crippen LogP contribution in [0.4, 0.5) is 0 Å². The minimum absolute atomic E-state index is 0.394. The van der Waals surface area contributed by atoms with Crippen LogP contribution in [0.25, 0.3) is 0 Å². The quantitative estimate of drug-likeness (QED) is 0.461. The molecular formula is C9H11ClSi. The van der Waals surface area contributed by atoms with Crippen molar-refractivity contribution in [1.82, 2.24) is 0 Å². The van der Waals surface area contributed by atoms with E-state index in [-0.39, 0.29) is 0 Å². The van der Waals surface area contributed by atoms with Gasteiger partial charge in [-0.15, -0.1) is 0 Å². The van der Waals surface area contributed by atoms with Crippen LogP contribution in [-0.2, 0) is 0 Å². The summed E-state index contributed by atoms with van der Waals surface area (Å²) in [5.41, 5.74) is 4.06. The van der Waals surface area contributed by atoms with Gasteiger partial charge in [-0.3, -0.25) is 0 Å². The first-order valence-corrected chi connectivity index (χ1v) is 5.61. The highest BCUT2D eigenvalue weighted by molar-refractivity contribution is 7.01. The van der Waals surface area contributed by atoms with E-state index >= 15 is 0 Å². The molecule has 0 amide bonds. The average molecular weight is 183 g/mol. The molecule has 0 atom stereocenters. The van der Waals surface area contributed by atoms with Gasteiger partial charge in [0.05, 0.1) is 0 Å². The molecule has 0 aliphatic rings. The van der Waals surface area contributed by atoms with Crippen molar-refractivity contribution in [1.29, 1.82) is 0 Å². The van der Waals surface area contributed by atoms with Crippen LogP contribution in [0, 0.1) is 20.8 Å². The Labute approximate surface area is 75.1 Å². The highest BCUT2D eigenvalue weighted by atomic mass is 35.6. The molecule has 0 fully saturated rings. The van der Waals surface area contributed by atoms with E-state index in [9.17, 15) is 0 Å². The molecule has 2 heteroatoms. The summed E-state index contributed by atoms with van der Waals surface area (Å²) in [6.45, 7) is 6.40. The molecule has 58 valence electrons. The third-order valence-corrected chi connectivity index (χ3v) is 3.52. The third kappa shape index (κ3) is 1.66. The van der Waals surface area contributed by atoms with E-state index in [1.807, 2.05) is 0 Å². The molecule has 0 heterocycles. The lowest BCUT2D eigenvalue weighted by Crippen LogP contribution is -2.14. The van der Waals surface area contributed by atoms with E-state index in [2.05, 4.69) is 32.9 Å².